The van der Waals surface area contributed by atoms with E-state index in [0.717, 1.165) is 31.7 Å². The lowest BCUT2D eigenvalue weighted by Gasteiger charge is -2.25. The fourth-order valence-electron chi connectivity index (χ4n) is 2.94. The molecule has 1 atom stereocenters. The van der Waals surface area contributed by atoms with Gasteiger partial charge in [0, 0.05) is 31.0 Å². The number of fused-ring (bicyclic) bond motifs is 1. The van der Waals surface area contributed by atoms with Crippen LogP contribution in [0.4, 0.5) is 11.5 Å². The summed E-state index contributed by atoms with van der Waals surface area (Å²) < 4.78 is 0. The van der Waals surface area contributed by atoms with Crippen LogP contribution in [0.1, 0.15) is 31.4 Å². The van der Waals surface area contributed by atoms with Crippen LogP contribution >= 0.6 is 0 Å². The lowest BCUT2D eigenvalue weighted by Crippen LogP contribution is -2.28. The molecule has 3 nitrogen and oxygen atoms in total. The van der Waals surface area contributed by atoms with Gasteiger partial charge in [0.2, 0.25) is 0 Å². The lowest BCUT2D eigenvalue weighted by atomic mass is 10.1. The van der Waals surface area contributed by atoms with Crippen molar-refractivity contribution in [2.24, 2.45) is 0 Å². The Balaban J connectivity index is 1.72. The van der Waals surface area contributed by atoms with Crippen LogP contribution in [0.3, 0.4) is 0 Å². The van der Waals surface area contributed by atoms with Gasteiger partial charge in [-0.1, -0.05) is 31.2 Å². The van der Waals surface area contributed by atoms with Crippen molar-refractivity contribution in [3.05, 3.63) is 53.7 Å². The molecule has 0 bridgehead atoms. The zero-order chi connectivity index (χ0) is 14.7. The molecule has 1 aliphatic heterocycles. The number of rotatable bonds is 5. The Kier molecular flexibility index (Phi) is 4.09. The summed E-state index contributed by atoms with van der Waals surface area (Å²) in [4.78, 5) is 6.98. The first-order valence-corrected chi connectivity index (χ1v) is 7.81. The third-order valence-electron chi connectivity index (χ3n) is 4.08. The first-order chi connectivity index (χ1) is 10.3. The summed E-state index contributed by atoms with van der Waals surface area (Å²) in [7, 11) is 0. The van der Waals surface area contributed by atoms with Gasteiger partial charge in [-0.05, 0) is 43.0 Å². The van der Waals surface area contributed by atoms with E-state index < -0.39 is 0 Å². The zero-order valence-corrected chi connectivity index (χ0v) is 12.8. The number of hydrogen-bond donors (Lipinski definition) is 1. The smallest absolute Gasteiger partial charge is 0.125 e. The Morgan fingerprint density at radius 2 is 2.10 bits per heavy atom. The maximum atomic E-state index is 4.50. The van der Waals surface area contributed by atoms with Gasteiger partial charge in [0.05, 0.1) is 0 Å². The molecule has 1 aromatic heterocycles. The van der Waals surface area contributed by atoms with Crippen molar-refractivity contribution < 1.29 is 0 Å². The summed E-state index contributed by atoms with van der Waals surface area (Å²) in [5.74, 6) is 0.968. The van der Waals surface area contributed by atoms with E-state index in [9.17, 15) is 0 Å². The average Bonchev–Trinajstić information content (AvgIpc) is 2.83. The third kappa shape index (κ3) is 3.02. The summed E-state index contributed by atoms with van der Waals surface area (Å²) in [6.45, 7) is 6.36. The van der Waals surface area contributed by atoms with E-state index in [1.165, 1.54) is 16.8 Å². The normalized spacial score (nSPS) is 16.9. The monoisotopic (exact) mass is 281 g/mol. The van der Waals surface area contributed by atoms with Crippen molar-refractivity contribution in [1.82, 2.24) is 4.98 Å². The van der Waals surface area contributed by atoms with Gasteiger partial charge in [0.25, 0.3) is 0 Å². The van der Waals surface area contributed by atoms with Crippen LogP contribution in [0, 0.1) is 0 Å². The first kappa shape index (κ1) is 13.9. The van der Waals surface area contributed by atoms with Gasteiger partial charge in [0.1, 0.15) is 5.82 Å². The van der Waals surface area contributed by atoms with Crippen LogP contribution in [-0.2, 0) is 13.0 Å². The van der Waals surface area contributed by atoms with E-state index in [4.69, 9.17) is 0 Å². The molecular formula is C18H23N3. The molecule has 1 aromatic carbocycles. The van der Waals surface area contributed by atoms with Gasteiger partial charge in [0.15, 0.2) is 0 Å². The maximum Gasteiger partial charge on any atom is 0.125 e. The summed E-state index contributed by atoms with van der Waals surface area (Å²) in [5, 5.41) is 3.31. The zero-order valence-electron chi connectivity index (χ0n) is 12.8. The third-order valence-corrected chi connectivity index (χ3v) is 4.08. The van der Waals surface area contributed by atoms with E-state index in [2.05, 4.69) is 65.4 Å². The number of nitrogens with zero attached hydrogens (tertiary/aromatic N) is 2. The highest BCUT2D eigenvalue weighted by molar-refractivity contribution is 5.59. The van der Waals surface area contributed by atoms with E-state index in [-0.39, 0.29) is 0 Å². The minimum Gasteiger partial charge on any atom is -0.370 e. The highest BCUT2D eigenvalue weighted by Gasteiger charge is 2.25. The molecule has 0 saturated heterocycles. The second-order valence-corrected chi connectivity index (χ2v) is 5.79. The fraction of sp³-hybridized carbons (Fsp3) is 0.389. The highest BCUT2D eigenvalue weighted by atomic mass is 15.2. The molecular weight excluding hydrogens is 258 g/mol. The maximum absolute atomic E-state index is 4.50. The molecule has 0 radical (unpaired) electrons. The quantitative estimate of drug-likeness (QED) is 0.902. The van der Waals surface area contributed by atoms with Gasteiger partial charge < -0.3 is 10.2 Å². The fourth-order valence-corrected chi connectivity index (χ4v) is 2.94. The summed E-state index contributed by atoms with van der Waals surface area (Å²) in [5.41, 5.74) is 4.10. The summed E-state index contributed by atoms with van der Waals surface area (Å²) in [6.07, 6.45) is 4.25. The molecule has 0 fully saturated rings. The molecule has 2 aromatic rings. The van der Waals surface area contributed by atoms with Gasteiger partial charge in [-0.2, -0.15) is 0 Å². The summed E-state index contributed by atoms with van der Waals surface area (Å²) in [6, 6.07) is 13.5. The predicted octanol–water partition coefficient (Wildman–Crippen LogP) is 3.85. The molecule has 3 rings (SSSR count). The molecule has 21 heavy (non-hydrogen) atoms. The molecule has 1 N–H and O–H groups in total. The molecule has 1 aliphatic rings. The topological polar surface area (TPSA) is 28.2 Å². The van der Waals surface area contributed by atoms with Crippen LogP contribution in [0.25, 0.3) is 0 Å². The first-order valence-electron chi connectivity index (χ1n) is 7.81. The van der Waals surface area contributed by atoms with E-state index >= 15 is 0 Å². The van der Waals surface area contributed by atoms with Crippen LogP contribution in [0.15, 0.2) is 42.6 Å². The van der Waals surface area contributed by atoms with E-state index in [1.807, 2.05) is 6.20 Å². The number of benzene rings is 1. The predicted molar refractivity (Wildman–Crippen MR) is 88.8 cm³/mol. The van der Waals surface area contributed by atoms with Crippen molar-refractivity contribution in [2.45, 2.75) is 39.3 Å². The number of pyridine rings is 1. The molecule has 0 aliphatic carbocycles. The number of anilines is 2. The minimum absolute atomic E-state index is 0.556. The standard InChI is InChI=1S/C18H23N3/c1-3-10-19-18-9-8-15(12-20-18)13-21-14(2)11-16-6-4-5-7-17(16)21/h4-9,12,14H,3,10-11,13H2,1-2H3,(H,19,20). The van der Waals surface area contributed by atoms with Gasteiger partial charge >= 0.3 is 0 Å². The molecule has 2 heterocycles. The van der Waals surface area contributed by atoms with Crippen LogP contribution in [0.5, 0.6) is 0 Å². The molecule has 110 valence electrons. The second kappa shape index (κ2) is 6.17. The Hall–Kier alpha value is -2.03. The van der Waals surface area contributed by atoms with Crippen LogP contribution < -0.4 is 10.2 Å². The van der Waals surface area contributed by atoms with Crippen molar-refractivity contribution in [2.75, 3.05) is 16.8 Å². The van der Waals surface area contributed by atoms with E-state index in [0.29, 0.717) is 6.04 Å². The van der Waals surface area contributed by atoms with Crippen LogP contribution in [-0.4, -0.2) is 17.6 Å². The molecule has 0 saturated carbocycles. The highest BCUT2D eigenvalue weighted by Crippen LogP contribution is 2.32. The number of para-hydroxylation sites is 1. The number of hydrogen-bond acceptors (Lipinski definition) is 3. The van der Waals surface area contributed by atoms with Crippen molar-refractivity contribution in [3.63, 3.8) is 0 Å². The van der Waals surface area contributed by atoms with E-state index in [1.54, 1.807) is 0 Å². The number of aromatic nitrogens is 1. The molecule has 0 spiro atoms. The van der Waals surface area contributed by atoms with Crippen molar-refractivity contribution in [3.8, 4) is 0 Å². The van der Waals surface area contributed by atoms with Gasteiger partial charge in [-0.3, -0.25) is 0 Å². The van der Waals surface area contributed by atoms with Crippen molar-refractivity contribution in [1.29, 1.82) is 0 Å². The Morgan fingerprint density at radius 1 is 1.24 bits per heavy atom. The largest absolute Gasteiger partial charge is 0.370 e. The second-order valence-electron chi connectivity index (χ2n) is 5.79. The number of nitrogens with one attached hydrogen (secondary N) is 1. The summed E-state index contributed by atoms with van der Waals surface area (Å²) >= 11 is 0. The van der Waals surface area contributed by atoms with Gasteiger partial charge in [-0.15, -0.1) is 0 Å². The minimum atomic E-state index is 0.556. The molecule has 3 heteroatoms. The van der Waals surface area contributed by atoms with Crippen molar-refractivity contribution >= 4 is 11.5 Å². The molecule has 0 amide bonds. The average molecular weight is 281 g/mol. The Morgan fingerprint density at radius 3 is 2.86 bits per heavy atom. The Labute approximate surface area is 127 Å². The SMILES string of the molecule is CCCNc1ccc(CN2c3ccccc3CC2C)cn1. The van der Waals surface area contributed by atoms with Crippen LogP contribution in [0.2, 0.25) is 0 Å². The molecule has 1 unspecified atom stereocenters. The Bertz CT molecular complexity index is 592. The van der Waals surface area contributed by atoms with Gasteiger partial charge in [-0.25, -0.2) is 4.98 Å². The lowest BCUT2D eigenvalue weighted by molar-refractivity contribution is 0.671.